The number of Topliss-reactive ketones (excluding diaryl/α,β-unsaturated/α-hetero) is 1. The maximum absolute atomic E-state index is 12.8. The first-order chi connectivity index (χ1) is 14.2. The highest BCUT2D eigenvalue weighted by atomic mass is 19.4. The van der Waals surface area contributed by atoms with Crippen molar-refractivity contribution in [2.24, 2.45) is 0 Å². The van der Waals surface area contributed by atoms with Crippen LogP contribution in [0, 0.1) is 0 Å². The molecule has 0 aliphatic carbocycles. The topological polar surface area (TPSA) is 52.6 Å². The van der Waals surface area contributed by atoms with Gasteiger partial charge in [-0.25, -0.2) is 4.79 Å². The molecule has 4 nitrogen and oxygen atoms in total. The van der Waals surface area contributed by atoms with Gasteiger partial charge in [0.05, 0.1) is 19.3 Å². The molecule has 0 amide bonds. The van der Waals surface area contributed by atoms with Crippen molar-refractivity contribution in [1.82, 2.24) is 0 Å². The molecule has 160 valence electrons. The van der Waals surface area contributed by atoms with Crippen LogP contribution in [0.1, 0.15) is 47.2 Å². The van der Waals surface area contributed by atoms with Crippen molar-refractivity contribution in [3.8, 4) is 5.75 Å². The van der Waals surface area contributed by atoms with Crippen molar-refractivity contribution in [3.63, 3.8) is 0 Å². The summed E-state index contributed by atoms with van der Waals surface area (Å²) in [5.41, 5.74) is 0.330. The second kappa shape index (κ2) is 10.6. The molecule has 0 aromatic heterocycles. The van der Waals surface area contributed by atoms with E-state index in [1.54, 1.807) is 37.3 Å². The van der Waals surface area contributed by atoms with Crippen molar-refractivity contribution in [2.45, 2.75) is 31.9 Å². The number of hydrogen-bond donors (Lipinski definition) is 0. The summed E-state index contributed by atoms with van der Waals surface area (Å²) in [5, 5.41) is 0. The standard InChI is InChI=1S/C23H23F3O4/c1-3-30-22(28)15-9-17(16-4-10-19(11-5-16)23(24,25)26)8-14-21(27)18-6-12-20(29-2)13-7-18/h4-7,9-13,15,17H,3,8,14H2,1-2H3/b15-9+. The minimum absolute atomic E-state index is 0.112. The van der Waals surface area contributed by atoms with Crippen molar-refractivity contribution in [3.05, 3.63) is 77.4 Å². The molecule has 0 radical (unpaired) electrons. The van der Waals surface area contributed by atoms with Gasteiger partial charge in [-0.3, -0.25) is 4.79 Å². The Bertz CT molecular complexity index is 869. The minimum Gasteiger partial charge on any atom is -0.497 e. The van der Waals surface area contributed by atoms with Gasteiger partial charge >= 0.3 is 12.1 Å². The summed E-state index contributed by atoms with van der Waals surface area (Å²) in [6, 6.07) is 11.4. The van der Waals surface area contributed by atoms with E-state index < -0.39 is 23.6 Å². The van der Waals surface area contributed by atoms with Gasteiger partial charge in [0.2, 0.25) is 0 Å². The normalized spacial score (nSPS) is 12.6. The fourth-order valence-electron chi connectivity index (χ4n) is 2.89. The van der Waals surface area contributed by atoms with E-state index in [0.717, 1.165) is 12.1 Å². The Labute approximate surface area is 173 Å². The number of carbonyl (C=O) groups excluding carboxylic acids is 2. The molecular weight excluding hydrogens is 397 g/mol. The van der Waals surface area contributed by atoms with Gasteiger partial charge in [-0.1, -0.05) is 18.2 Å². The molecule has 0 saturated heterocycles. The molecule has 2 aromatic carbocycles. The average molecular weight is 420 g/mol. The van der Waals surface area contributed by atoms with Crippen LogP contribution >= 0.6 is 0 Å². The third kappa shape index (κ3) is 6.76. The van der Waals surface area contributed by atoms with Crippen LogP contribution in [0.3, 0.4) is 0 Å². The molecule has 2 aromatic rings. The summed E-state index contributed by atoms with van der Waals surface area (Å²) in [6.45, 7) is 1.89. The number of rotatable bonds is 9. The Morgan fingerprint density at radius 1 is 1.03 bits per heavy atom. The van der Waals surface area contributed by atoms with E-state index in [1.165, 1.54) is 25.3 Å². The van der Waals surface area contributed by atoms with Crippen LogP contribution in [0.25, 0.3) is 0 Å². The Balaban J connectivity index is 2.16. The summed E-state index contributed by atoms with van der Waals surface area (Å²) >= 11 is 0. The van der Waals surface area contributed by atoms with Crippen LogP contribution in [0.2, 0.25) is 0 Å². The third-order valence-corrected chi connectivity index (χ3v) is 4.51. The highest BCUT2D eigenvalue weighted by Crippen LogP contribution is 2.31. The lowest BCUT2D eigenvalue weighted by atomic mass is 9.91. The largest absolute Gasteiger partial charge is 0.497 e. The van der Waals surface area contributed by atoms with Gasteiger partial charge in [0.1, 0.15) is 5.75 Å². The average Bonchev–Trinajstić information content (AvgIpc) is 2.73. The number of allylic oxidation sites excluding steroid dienone is 1. The third-order valence-electron chi connectivity index (χ3n) is 4.51. The summed E-state index contributed by atoms with van der Waals surface area (Å²) in [6.07, 6.45) is -1.15. The summed E-state index contributed by atoms with van der Waals surface area (Å²) in [5.74, 6) is -0.444. The summed E-state index contributed by atoms with van der Waals surface area (Å²) < 4.78 is 48.4. The van der Waals surface area contributed by atoms with Crippen molar-refractivity contribution in [1.29, 1.82) is 0 Å². The zero-order valence-electron chi connectivity index (χ0n) is 16.7. The van der Waals surface area contributed by atoms with Crippen LogP contribution in [-0.2, 0) is 15.7 Å². The number of esters is 1. The second-order valence-corrected chi connectivity index (χ2v) is 6.53. The Morgan fingerprint density at radius 3 is 2.20 bits per heavy atom. The molecule has 0 aliphatic rings. The highest BCUT2D eigenvalue weighted by molar-refractivity contribution is 5.96. The number of methoxy groups -OCH3 is 1. The number of benzene rings is 2. The maximum atomic E-state index is 12.8. The zero-order chi connectivity index (χ0) is 22.1. The zero-order valence-corrected chi connectivity index (χ0v) is 16.7. The molecular formula is C23H23F3O4. The Morgan fingerprint density at radius 2 is 1.67 bits per heavy atom. The van der Waals surface area contributed by atoms with Gasteiger partial charge in [-0.05, 0) is 55.3 Å². The second-order valence-electron chi connectivity index (χ2n) is 6.53. The number of alkyl halides is 3. The molecule has 0 aliphatic heterocycles. The fourth-order valence-corrected chi connectivity index (χ4v) is 2.89. The van der Waals surface area contributed by atoms with Gasteiger partial charge in [-0.2, -0.15) is 13.2 Å². The fraction of sp³-hybridized carbons (Fsp3) is 0.304. The van der Waals surface area contributed by atoms with Crippen LogP contribution in [0.4, 0.5) is 13.2 Å². The van der Waals surface area contributed by atoms with Crippen LogP contribution in [-0.4, -0.2) is 25.5 Å². The van der Waals surface area contributed by atoms with Crippen molar-refractivity contribution >= 4 is 11.8 Å². The molecule has 0 N–H and O–H groups in total. The highest BCUT2D eigenvalue weighted by Gasteiger charge is 2.30. The quantitative estimate of drug-likeness (QED) is 0.302. The lowest BCUT2D eigenvalue weighted by molar-refractivity contribution is -0.138. The van der Waals surface area contributed by atoms with E-state index in [-0.39, 0.29) is 18.8 Å². The van der Waals surface area contributed by atoms with E-state index in [1.807, 2.05) is 0 Å². The maximum Gasteiger partial charge on any atom is 0.416 e. The molecule has 0 saturated carbocycles. The van der Waals surface area contributed by atoms with Gasteiger partial charge in [0.15, 0.2) is 5.78 Å². The predicted molar refractivity (Wildman–Crippen MR) is 107 cm³/mol. The first-order valence-corrected chi connectivity index (χ1v) is 9.44. The number of ketones is 1. The Kier molecular flexibility index (Phi) is 8.21. The molecule has 0 spiro atoms. The smallest absolute Gasteiger partial charge is 0.416 e. The summed E-state index contributed by atoms with van der Waals surface area (Å²) in [7, 11) is 1.53. The van der Waals surface area contributed by atoms with Crippen LogP contribution < -0.4 is 4.74 Å². The first-order valence-electron chi connectivity index (χ1n) is 9.44. The van der Waals surface area contributed by atoms with E-state index in [4.69, 9.17) is 9.47 Å². The number of halogens is 3. The SMILES string of the molecule is CCOC(=O)/C=C/C(CCC(=O)c1ccc(OC)cc1)c1ccc(C(F)(F)F)cc1. The molecule has 7 heteroatoms. The van der Waals surface area contributed by atoms with E-state index in [2.05, 4.69) is 0 Å². The molecule has 30 heavy (non-hydrogen) atoms. The van der Waals surface area contributed by atoms with E-state index in [9.17, 15) is 22.8 Å². The number of carbonyl (C=O) groups is 2. The monoisotopic (exact) mass is 420 g/mol. The van der Waals surface area contributed by atoms with E-state index >= 15 is 0 Å². The Hall–Kier alpha value is -3.09. The van der Waals surface area contributed by atoms with Gasteiger partial charge in [0, 0.05) is 24.0 Å². The molecule has 0 bridgehead atoms. The van der Waals surface area contributed by atoms with Crippen LogP contribution in [0.5, 0.6) is 5.75 Å². The molecule has 1 unspecified atom stereocenters. The summed E-state index contributed by atoms with van der Waals surface area (Å²) in [4.78, 5) is 24.1. The number of hydrogen-bond acceptors (Lipinski definition) is 4. The van der Waals surface area contributed by atoms with Crippen molar-refractivity contribution in [2.75, 3.05) is 13.7 Å². The van der Waals surface area contributed by atoms with E-state index in [0.29, 0.717) is 23.3 Å². The lowest BCUT2D eigenvalue weighted by Gasteiger charge is -2.15. The molecule has 2 rings (SSSR count). The lowest BCUT2D eigenvalue weighted by Crippen LogP contribution is -2.07. The molecule has 0 heterocycles. The molecule has 1 atom stereocenters. The van der Waals surface area contributed by atoms with Gasteiger partial charge in [-0.15, -0.1) is 0 Å². The van der Waals surface area contributed by atoms with Crippen LogP contribution in [0.15, 0.2) is 60.7 Å². The van der Waals surface area contributed by atoms with Crippen molar-refractivity contribution < 1.29 is 32.2 Å². The van der Waals surface area contributed by atoms with Gasteiger partial charge < -0.3 is 9.47 Å². The molecule has 0 fully saturated rings. The predicted octanol–water partition coefficient (Wildman–Crippen LogP) is 5.58. The van der Waals surface area contributed by atoms with Gasteiger partial charge in [0.25, 0.3) is 0 Å². The first kappa shape index (κ1) is 23.2. The number of ether oxygens (including phenoxy) is 2. The minimum atomic E-state index is -4.43.